The van der Waals surface area contributed by atoms with Gasteiger partial charge < -0.3 is 4.74 Å². The van der Waals surface area contributed by atoms with E-state index >= 15 is 0 Å². The molecule has 1 heterocycles. The van der Waals surface area contributed by atoms with Crippen LogP contribution in [0.15, 0.2) is 78.0 Å². The summed E-state index contributed by atoms with van der Waals surface area (Å²) in [5.41, 5.74) is 3.13. The molecular weight excluding hydrogens is 456 g/mol. The lowest BCUT2D eigenvalue weighted by molar-refractivity contribution is 0.477. The zero-order valence-corrected chi connectivity index (χ0v) is 19.9. The summed E-state index contributed by atoms with van der Waals surface area (Å²) in [6, 6.07) is 21.9. The number of nitriles is 1. The van der Waals surface area contributed by atoms with E-state index in [2.05, 4.69) is 14.1 Å². The zero-order valence-electron chi connectivity index (χ0n) is 18.3. The number of aromatic nitrogens is 2. The number of rotatable bonds is 6. The molecule has 4 rings (SSSR count). The number of nitrogens with zero attached hydrogens (tertiary/aromatic N) is 3. The van der Waals surface area contributed by atoms with E-state index in [4.69, 9.17) is 4.74 Å². The summed E-state index contributed by atoms with van der Waals surface area (Å²) in [6.07, 6.45) is 1.26. The van der Waals surface area contributed by atoms with E-state index in [1.54, 1.807) is 0 Å². The van der Waals surface area contributed by atoms with Crippen LogP contribution in [0, 0.1) is 18.3 Å². The maximum atomic E-state index is 12.5. The molecule has 0 radical (unpaired) electrons. The summed E-state index contributed by atoms with van der Waals surface area (Å²) in [4.78, 5) is 3.74. The van der Waals surface area contributed by atoms with Crippen LogP contribution >= 0.6 is 11.5 Å². The molecule has 0 unspecified atom stereocenters. The standard InChI is InChI=1S/C22H16N4O3S2.C2H6/c1-15-11-17(16-5-3-2-4-6-16)7-9-20(15)29-21-10-8-19(12-18(21)13-23)31(27,28)26-22-24-14-25-30-22;1-2/h2-12,14H,1H3,(H,24,25,26);1-2H3. The summed E-state index contributed by atoms with van der Waals surface area (Å²) in [5, 5.41) is 9.69. The lowest BCUT2D eigenvalue weighted by Gasteiger charge is -2.13. The second-order valence-electron chi connectivity index (χ2n) is 6.57. The van der Waals surface area contributed by atoms with Gasteiger partial charge in [-0.2, -0.15) is 9.64 Å². The average molecular weight is 479 g/mol. The van der Waals surface area contributed by atoms with Crippen LogP contribution in [0.2, 0.25) is 0 Å². The molecule has 0 fully saturated rings. The largest absolute Gasteiger partial charge is 0.456 e. The van der Waals surface area contributed by atoms with Gasteiger partial charge in [-0.1, -0.05) is 50.2 Å². The van der Waals surface area contributed by atoms with E-state index in [1.165, 1.54) is 24.5 Å². The molecule has 0 bridgehead atoms. The highest BCUT2D eigenvalue weighted by Gasteiger charge is 2.19. The summed E-state index contributed by atoms with van der Waals surface area (Å²) >= 11 is 0.919. The van der Waals surface area contributed by atoms with Crippen molar-refractivity contribution in [2.45, 2.75) is 25.7 Å². The minimum Gasteiger partial charge on any atom is -0.456 e. The molecule has 0 aliphatic rings. The van der Waals surface area contributed by atoms with Crippen LogP contribution < -0.4 is 9.46 Å². The smallest absolute Gasteiger partial charge is 0.263 e. The number of sulfonamides is 1. The van der Waals surface area contributed by atoms with Gasteiger partial charge in [0.2, 0.25) is 5.13 Å². The molecule has 4 aromatic rings. The third kappa shape index (κ3) is 5.74. The van der Waals surface area contributed by atoms with Crippen LogP contribution in [0.4, 0.5) is 5.13 Å². The monoisotopic (exact) mass is 478 g/mol. The maximum Gasteiger partial charge on any atom is 0.263 e. The number of ether oxygens (including phenoxy) is 1. The Morgan fingerprint density at radius 2 is 1.70 bits per heavy atom. The third-order valence-corrected chi connectivity index (χ3v) is 6.51. The van der Waals surface area contributed by atoms with Crippen molar-refractivity contribution in [2.75, 3.05) is 4.72 Å². The minimum absolute atomic E-state index is 0.0669. The number of hydrogen-bond donors (Lipinski definition) is 1. The average Bonchev–Trinajstić information content (AvgIpc) is 3.34. The van der Waals surface area contributed by atoms with E-state index < -0.39 is 10.0 Å². The van der Waals surface area contributed by atoms with Crippen molar-refractivity contribution in [1.82, 2.24) is 9.36 Å². The van der Waals surface area contributed by atoms with Crippen LogP contribution in [0.5, 0.6) is 11.5 Å². The van der Waals surface area contributed by atoms with Gasteiger partial charge in [0.15, 0.2) is 0 Å². The highest BCUT2D eigenvalue weighted by atomic mass is 32.2. The molecule has 9 heteroatoms. The van der Waals surface area contributed by atoms with Gasteiger partial charge in [0.1, 0.15) is 23.9 Å². The van der Waals surface area contributed by atoms with Gasteiger partial charge in [-0.25, -0.2) is 13.4 Å². The molecule has 1 N–H and O–H groups in total. The highest BCUT2D eigenvalue weighted by Crippen LogP contribution is 2.32. The molecule has 0 saturated heterocycles. The third-order valence-electron chi connectivity index (χ3n) is 4.47. The Labute approximate surface area is 197 Å². The van der Waals surface area contributed by atoms with Gasteiger partial charge >= 0.3 is 0 Å². The van der Waals surface area contributed by atoms with Crippen molar-refractivity contribution in [3.63, 3.8) is 0 Å². The van der Waals surface area contributed by atoms with Crippen molar-refractivity contribution in [3.8, 4) is 28.7 Å². The molecular formula is C24H22N4O3S2. The molecule has 0 aliphatic heterocycles. The number of nitrogens with one attached hydrogen (secondary N) is 1. The van der Waals surface area contributed by atoms with Crippen LogP contribution in [0.25, 0.3) is 11.1 Å². The van der Waals surface area contributed by atoms with Crippen molar-refractivity contribution in [2.24, 2.45) is 0 Å². The van der Waals surface area contributed by atoms with Gasteiger partial charge in [-0.15, -0.1) is 0 Å². The number of aryl methyl sites for hydroxylation is 1. The van der Waals surface area contributed by atoms with Crippen LogP contribution in [0.3, 0.4) is 0 Å². The SMILES string of the molecule is CC.Cc1cc(-c2ccccc2)ccc1Oc1ccc(S(=O)(=O)Nc2ncns2)cc1C#N. The Morgan fingerprint density at radius 3 is 2.33 bits per heavy atom. The molecule has 7 nitrogen and oxygen atoms in total. The van der Waals surface area contributed by atoms with E-state index in [0.717, 1.165) is 28.2 Å². The van der Waals surface area contributed by atoms with E-state index in [9.17, 15) is 13.7 Å². The zero-order chi connectivity index (χ0) is 23.8. The van der Waals surface area contributed by atoms with Crippen LogP contribution in [-0.4, -0.2) is 17.8 Å². The second kappa shape index (κ2) is 10.7. The van der Waals surface area contributed by atoms with Gasteiger partial charge in [0, 0.05) is 11.5 Å². The van der Waals surface area contributed by atoms with Crippen LogP contribution in [0.1, 0.15) is 25.0 Å². The van der Waals surface area contributed by atoms with Gasteiger partial charge in [-0.3, -0.25) is 4.72 Å². The first-order chi connectivity index (χ1) is 16.0. The topological polar surface area (TPSA) is 105 Å². The van der Waals surface area contributed by atoms with Gasteiger partial charge in [0.25, 0.3) is 10.0 Å². The van der Waals surface area contributed by atoms with E-state index in [-0.39, 0.29) is 21.3 Å². The molecule has 0 spiro atoms. The van der Waals surface area contributed by atoms with Gasteiger partial charge in [-0.05, 0) is 53.9 Å². The second-order valence-corrected chi connectivity index (χ2v) is 9.03. The molecule has 0 amide bonds. The first-order valence-electron chi connectivity index (χ1n) is 10.1. The molecule has 33 heavy (non-hydrogen) atoms. The van der Waals surface area contributed by atoms with Gasteiger partial charge in [0.05, 0.1) is 10.5 Å². The molecule has 0 atom stereocenters. The number of anilines is 1. The Bertz CT molecular complexity index is 1360. The Hall–Kier alpha value is -3.74. The first kappa shape index (κ1) is 23.9. The molecule has 3 aromatic carbocycles. The van der Waals surface area contributed by atoms with Crippen molar-refractivity contribution in [1.29, 1.82) is 5.26 Å². The number of benzene rings is 3. The fraction of sp³-hybridized carbons (Fsp3) is 0.125. The molecule has 1 aromatic heterocycles. The lowest BCUT2D eigenvalue weighted by atomic mass is 10.0. The van der Waals surface area contributed by atoms with E-state index in [1.807, 2.05) is 75.4 Å². The fourth-order valence-corrected chi connectivity index (χ4v) is 4.62. The Kier molecular flexibility index (Phi) is 7.77. The predicted molar refractivity (Wildman–Crippen MR) is 130 cm³/mol. The maximum absolute atomic E-state index is 12.5. The normalized spacial score (nSPS) is 10.5. The minimum atomic E-state index is -3.90. The summed E-state index contributed by atoms with van der Waals surface area (Å²) in [5.74, 6) is 0.853. The predicted octanol–water partition coefficient (Wildman–Crippen LogP) is 6.00. The highest BCUT2D eigenvalue weighted by molar-refractivity contribution is 7.93. The van der Waals surface area contributed by atoms with Crippen molar-refractivity contribution >= 4 is 26.7 Å². The summed E-state index contributed by atoms with van der Waals surface area (Å²) < 4.78 is 37.1. The molecule has 0 saturated carbocycles. The Morgan fingerprint density at radius 1 is 0.970 bits per heavy atom. The lowest BCUT2D eigenvalue weighted by Crippen LogP contribution is -2.13. The van der Waals surface area contributed by atoms with Crippen molar-refractivity contribution < 1.29 is 13.2 Å². The molecule has 0 aliphatic carbocycles. The fourth-order valence-electron chi connectivity index (χ4n) is 2.94. The summed E-state index contributed by atoms with van der Waals surface area (Å²) in [7, 11) is -3.90. The van der Waals surface area contributed by atoms with Crippen molar-refractivity contribution in [3.05, 3.63) is 84.2 Å². The quantitative estimate of drug-likeness (QED) is 0.364. The van der Waals surface area contributed by atoms with E-state index in [0.29, 0.717) is 5.75 Å². The Balaban J connectivity index is 0.00000149. The van der Waals surface area contributed by atoms with Crippen LogP contribution in [-0.2, 0) is 10.0 Å². The molecule has 168 valence electrons. The number of hydrogen-bond acceptors (Lipinski definition) is 7. The first-order valence-corrected chi connectivity index (χ1v) is 12.4. The summed E-state index contributed by atoms with van der Waals surface area (Å²) in [6.45, 7) is 5.92.